The number of methoxy groups -OCH3 is 1. The summed E-state index contributed by atoms with van der Waals surface area (Å²) in [4.78, 5) is 0. The van der Waals surface area contributed by atoms with E-state index >= 15 is 0 Å². The Labute approximate surface area is 61.2 Å². The monoisotopic (exact) mass is 142 g/mol. The van der Waals surface area contributed by atoms with Gasteiger partial charge in [-0.2, -0.15) is 0 Å². The van der Waals surface area contributed by atoms with Crippen LogP contribution in [0.3, 0.4) is 0 Å². The summed E-state index contributed by atoms with van der Waals surface area (Å²) in [5.74, 6) is 0.555. The first-order chi connectivity index (χ1) is 4.72. The van der Waals surface area contributed by atoms with Gasteiger partial charge in [-0.05, 0) is 12.8 Å². The lowest BCUT2D eigenvalue weighted by Crippen LogP contribution is -2.45. The molecule has 1 aliphatic rings. The maximum absolute atomic E-state index is 5.34. The van der Waals surface area contributed by atoms with Gasteiger partial charge in [0, 0.05) is 13.2 Å². The standard InChI is InChI=1S/C7H14N2O/c1-5(8)9-6-3-7(4-6)10-2/h6-7,9H,1,3-4,8H2,2H3/t6-,7-. The molecule has 10 heavy (non-hydrogen) atoms. The second-order valence-electron chi connectivity index (χ2n) is 2.70. The van der Waals surface area contributed by atoms with Crippen molar-refractivity contribution < 1.29 is 4.74 Å². The summed E-state index contributed by atoms with van der Waals surface area (Å²) in [7, 11) is 1.73. The molecular weight excluding hydrogens is 128 g/mol. The zero-order chi connectivity index (χ0) is 7.56. The smallest absolute Gasteiger partial charge is 0.0888 e. The lowest BCUT2D eigenvalue weighted by molar-refractivity contribution is 0.0201. The summed E-state index contributed by atoms with van der Waals surface area (Å²) in [6, 6.07) is 0.488. The molecule has 0 atom stereocenters. The molecule has 1 fully saturated rings. The molecule has 1 aliphatic carbocycles. The van der Waals surface area contributed by atoms with Gasteiger partial charge >= 0.3 is 0 Å². The quantitative estimate of drug-likeness (QED) is 0.591. The van der Waals surface area contributed by atoms with Crippen LogP contribution in [0.5, 0.6) is 0 Å². The average molecular weight is 142 g/mol. The van der Waals surface area contributed by atoms with Gasteiger partial charge in [0.1, 0.15) is 0 Å². The third-order valence-electron chi connectivity index (χ3n) is 1.82. The predicted molar refractivity (Wildman–Crippen MR) is 40.3 cm³/mol. The minimum atomic E-state index is 0.428. The second kappa shape index (κ2) is 2.92. The van der Waals surface area contributed by atoms with Gasteiger partial charge in [-0.1, -0.05) is 6.58 Å². The lowest BCUT2D eigenvalue weighted by Gasteiger charge is -2.35. The minimum absolute atomic E-state index is 0.428. The normalized spacial score (nSPS) is 30.9. The largest absolute Gasteiger partial charge is 0.386 e. The van der Waals surface area contributed by atoms with Crippen LogP contribution < -0.4 is 11.1 Å². The number of ether oxygens (including phenoxy) is 1. The highest BCUT2D eigenvalue weighted by Crippen LogP contribution is 2.22. The summed E-state index contributed by atoms with van der Waals surface area (Å²) in [5.41, 5.74) is 5.34. The van der Waals surface area contributed by atoms with Gasteiger partial charge in [-0.25, -0.2) is 0 Å². The first-order valence-electron chi connectivity index (χ1n) is 3.46. The molecule has 0 bridgehead atoms. The van der Waals surface area contributed by atoms with Gasteiger partial charge in [-0.3, -0.25) is 0 Å². The number of nitrogens with one attached hydrogen (secondary N) is 1. The van der Waals surface area contributed by atoms with Gasteiger partial charge in [0.2, 0.25) is 0 Å². The maximum atomic E-state index is 5.34. The Bertz CT molecular complexity index is 130. The van der Waals surface area contributed by atoms with Crippen LogP contribution in [0.1, 0.15) is 12.8 Å². The zero-order valence-corrected chi connectivity index (χ0v) is 6.26. The van der Waals surface area contributed by atoms with Crippen molar-refractivity contribution in [3.05, 3.63) is 12.4 Å². The third-order valence-corrected chi connectivity index (χ3v) is 1.82. The molecule has 1 saturated carbocycles. The van der Waals surface area contributed by atoms with Crippen LogP contribution in [-0.4, -0.2) is 19.3 Å². The highest BCUT2D eigenvalue weighted by atomic mass is 16.5. The number of rotatable bonds is 3. The minimum Gasteiger partial charge on any atom is -0.386 e. The van der Waals surface area contributed by atoms with Crippen molar-refractivity contribution in [1.29, 1.82) is 0 Å². The van der Waals surface area contributed by atoms with E-state index in [0.29, 0.717) is 18.0 Å². The molecule has 0 aliphatic heterocycles. The summed E-state index contributed by atoms with van der Waals surface area (Å²) in [6.45, 7) is 3.55. The predicted octanol–water partition coefficient (Wildman–Crippen LogP) is 0.183. The number of hydrogen-bond donors (Lipinski definition) is 2. The van der Waals surface area contributed by atoms with E-state index < -0.39 is 0 Å². The van der Waals surface area contributed by atoms with Crippen LogP contribution in [0.15, 0.2) is 12.4 Å². The first-order valence-corrected chi connectivity index (χ1v) is 3.46. The first kappa shape index (κ1) is 7.41. The molecule has 0 spiro atoms. The molecule has 0 amide bonds. The Kier molecular flexibility index (Phi) is 2.17. The Morgan fingerprint density at radius 1 is 1.70 bits per heavy atom. The topological polar surface area (TPSA) is 47.3 Å². The van der Waals surface area contributed by atoms with Crippen molar-refractivity contribution in [2.45, 2.75) is 25.0 Å². The third kappa shape index (κ3) is 1.64. The molecule has 0 heterocycles. The van der Waals surface area contributed by atoms with Crippen LogP contribution in [0.25, 0.3) is 0 Å². The fourth-order valence-electron chi connectivity index (χ4n) is 1.14. The molecule has 3 N–H and O–H groups in total. The molecule has 0 saturated heterocycles. The van der Waals surface area contributed by atoms with Gasteiger partial charge in [-0.15, -0.1) is 0 Å². The van der Waals surface area contributed by atoms with E-state index in [4.69, 9.17) is 10.5 Å². The summed E-state index contributed by atoms with van der Waals surface area (Å²) in [6.07, 6.45) is 2.52. The van der Waals surface area contributed by atoms with Gasteiger partial charge in [0.25, 0.3) is 0 Å². The van der Waals surface area contributed by atoms with Crippen molar-refractivity contribution in [1.82, 2.24) is 5.32 Å². The van der Waals surface area contributed by atoms with Crippen LogP contribution in [0, 0.1) is 0 Å². The van der Waals surface area contributed by atoms with E-state index in [1.165, 1.54) is 0 Å². The van der Waals surface area contributed by atoms with Gasteiger partial charge in [0.15, 0.2) is 0 Å². The second-order valence-corrected chi connectivity index (χ2v) is 2.70. The Morgan fingerprint density at radius 3 is 2.70 bits per heavy atom. The molecule has 0 unspecified atom stereocenters. The summed E-state index contributed by atoms with van der Waals surface area (Å²) in [5, 5.41) is 3.05. The molecule has 1 rings (SSSR count). The van der Waals surface area contributed by atoms with Crippen molar-refractivity contribution >= 4 is 0 Å². The van der Waals surface area contributed by atoms with E-state index in [9.17, 15) is 0 Å². The van der Waals surface area contributed by atoms with Crippen LogP contribution in [0.4, 0.5) is 0 Å². The highest BCUT2D eigenvalue weighted by molar-refractivity contribution is 4.94. The SMILES string of the molecule is C=C(N)N[C@H]1C[C@H](OC)C1. The van der Waals surface area contributed by atoms with Crippen molar-refractivity contribution in [2.24, 2.45) is 5.73 Å². The maximum Gasteiger partial charge on any atom is 0.0888 e. The summed E-state index contributed by atoms with van der Waals surface area (Å²) >= 11 is 0. The molecule has 3 nitrogen and oxygen atoms in total. The van der Waals surface area contributed by atoms with Crippen LogP contribution >= 0.6 is 0 Å². The molecule has 0 radical (unpaired) electrons. The fourth-order valence-corrected chi connectivity index (χ4v) is 1.14. The van der Waals surface area contributed by atoms with Crippen LogP contribution in [0.2, 0.25) is 0 Å². The van der Waals surface area contributed by atoms with E-state index in [1.54, 1.807) is 7.11 Å². The van der Waals surface area contributed by atoms with Crippen molar-refractivity contribution in [3.63, 3.8) is 0 Å². The fraction of sp³-hybridized carbons (Fsp3) is 0.714. The molecule has 3 heteroatoms. The Morgan fingerprint density at radius 2 is 2.30 bits per heavy atom. The average Bonchev–Trinajstić information content (AvgIpc) is 1.76. The Balaban J connectivity index is 2.08. The molecule has 0 aromatic heterocycles. The van der Waals surface area contributed by atoms with Gasteiger partial charge < -0.3 is 15.8 Å². The molecule has 58 valence electrons. The lowest BCUT2D eigenvalue weighted by atomic mass is 9.89. The zero-order valence-electron chi connectivity index (χ0n) is 6.26. The van der Waals surface area contributed by atoms with E-state index in [0.717, 1.165) is 12.8 Å². The van der Waals surface area contributed by atoms with E-state index in [2.05, 4.69) is 11.9 Å². The number of nitrogens with two attached hydrogens (primary N) is 1. The Hall–Kier alpha value is -0.700. The number of hydrogen-bond acceptors (Lipinski definition) is 3. The molecular formula is C7H14N2O. The van der Waals surface area contributed by atoms with Crippen LogP contribution in [-0.2, 0) is 4.74 Å². The summed E-state index contributed by atoms with van der Waals surface area (Å²) < 4.78 is 5.09. The molecule has 0 aromatic carbocycles. The van der Waals surface area contributed by atoms with E-state index in [-0.39, 0.29) is 0 Å². The van der Waals surface area contributed by atoms with Crippen molar-refractivity contribution in [2.75, 3.05) is 7.11 Å². The van der Waals surface area contributed by atoms with Gasteiger partial charge in [0.05, 0.1) is 11.9 Å². The molecule has 0 aromatic rings. The highest BCUT2D eigenvalue weighted by Gasteiger charge is 2.28. The van der Waals surface area contributed by atoms with E-state index in [1.807, 2.05) is 0 Å². The van der Waals surface area contributed by atoms with Crippen molar-refractivity contribution in [3.8, 4) is 0 Å².